The molecule has 0 amide bonds. The highest BCUT2D eigenvalue weighted by Gasteiger charge is 2.20. The molecule has 2 rings (SSSR count). The lowest BCUT2D eigenvalue weighted by Gasteiger charge is -2.14. The first-order chi connectivity index (χ1) is 6.79. The number of allylic oxidation sites excluding steroid dienone is 2. The van der Waals surface area contributed by atoms with Crippen molar-refractivity contribution in [1.29, 1.82) is 0 Å². The third-order valence-corrected chi connectivity index (χ3v) is 2.50. The summed E-state index contributed by atoms with van der Waals surface area (Å²) < 4.78 is 0. The largest absolute Gasteiger partial charge is 0.504 e. The van der Waals surface area contributed by atoms with Crippen molar-refractivity contribution in [3.8, 4) is 0 Å². The van der Waals surface area contributed by atoms with Crippen molar-refractivity contribution in [3.63, 3.8) is 0 Å². The summed E-state index contributed by atoms with van der Waals surface area (Å²) >= 11 is 0. The van der Waals surface area contributed by atoms with Gasteiger partial charge in [0.15, 0.2) is 11.5 Å². The Labute approximate surface area is 82.9 Å². The fraction of sp³-hybridized carbons (Fsp3) is 0.250. The van der Waals surface area contributed by atoms with Gasteiger partial charge in [0.2, 0.25) is 0 Å². The van der Waals surface area contributed by atoms with Gasteiger partial charge in [-0.15, -0.1) is 0 Å². The summed E-state index contributed by atoms with van der Waals surface area (Å²) in [5.74, 6) is -0.169. The summed E-state index contributed by atoms with van der Waals surface area (Å²) in [5.41, 5.74) is 1.75. The Hall–Kier alpha value is -1.57. The number of carbonyl (C=O) groups is 1. The van der Waals surface area contributed by atoms with E-state index in [4.69, 9.17) is 0 Å². The third kappa shape index (κ3) is 1.55. The number of hydrogen-bond acceptors (Lipinski definition) is 2. The van der Waals surface area contributed by atoms with Gasteiger partial charge in [-0.3, -0.25) is 4.79 Å². The number of aliphatic hydroxyl groups excluding tert-OH is 1. The van der Waals surface area contributed by atoms with Crippen LogP contribution in [-0.2, 0) is 4.79 Å². The van der Waals surface area contributed by atoms with Crippen LogP contribution >= 0.6 is 0 Å². The van der Waals surface area contributed by atoms with Crippen LogP contribution in [-0.4, -0.2) is 10.9 Å². The van der Waals surface area contributed by atoms with Gasteiger partial charge < -0.3 is 5.11 Å². The fourth-order valence-electron chi connectivity index (χ4n) is 1.75. The molecule has 0 unspecified atom stereocenters. The minimum absolute atomic E-state index is 0.0394. The first-order valence-electron chi connectivity index (χ1n) is 4.80. The zero-order valence-corrected chi connectivity index (χ0v) is 7.86. The van der Waals surface area contributed by atoms with E-state index in [2.05, 4.69) is 0 Å². The molecule has 2 nitrogen and oxygen atoms in total. The van der Waals surface area contributed by atoms with Crippen LogP contribution < -0.4 is 0 Å². The second kappa shape index (κ2) is 3.66. The van der Waals surface area contributed by atoms with Crippen LogP contribution in [0, 0.1) is 0 Å². The van der Waals surface area contributed by atoms with Gasteiger partial charge in [0.1, 0.15) is 0 Å². The lowest BCUT2D eigenvalue weighted by atomic mass is 9.91. The Kier molecular flexibility index (Phi) is 2.35. The molecule has 0 fully saturated rings. The molecule has 0 saturated heterocycles. The fourth-order valence-corrected chi connectivity index (χ4v) is 1.75. The number of hydrogen-bond donors (Lipinski definition) is 1. The highest BCUT2D eigenvalue weighted by Crippen LogP contribution is 2.28. The molecule has 0 atom stereocenters. The van der Waals surface area contributed by atoms with Crippen molar-refractivity contribution < 1.29 is 9.90 Å². The topological polar surface area (TPSA) is 37.3 Å². The molecule has 2 heteroatoms. The van der Waals surface area contributed by atoms with Gasteiger partial charge in [-0.25, -0.2) is 0 Å². The molecular formula is C12H12O2. The van der Waals surface area contributed by atoms with Crippen molar-refractivity contribution in [1.82, 2.24) is 0 Å². The molecule has 1 aromatic carbocycles. The van der Waals surface area contributed by atoms with Gasteiger partial charge in [0.25, 0.3) is 0 Å². The quantitative estimate of drug-likeness (QED) is 0.735. The van der Waals surface area contributed by atoms with E-state index in [1.54, 1.807) is 0 Å². The monoisotopic (exact) mass is 188 g/mol. The molecule has 1 aromatic rings. The summed E-state index contributed by atoms with van der Waals surface area (Å²) in [4.78, 5) is 11.3. The maximum Gasteiger partial charge on any atom is 0.197 e. The molecule has 1 aliphatic rings. The van der Waals surface area contributed by atoms with Crippen LogP contribution in [0.3, 0.4) is 0 Å². The van der Waals surface area contributed by atoms with Crippen LogP contribution in [0.1, 0.15) is 24.8 Å². The van der Waals surface area contributed by atoms with E-state index >= 15 is 0 Å². The predicted molar refractivity (Wildman–Crippen MR) is 54.8 cm³/mol. The van der Waals surface area contributed by atoms with Crippen LogP contribution in [0.5, 0.6) is 0 Å². The predicted octanol–water partition coefficient (Wildman–Crippen LogP) is 2.71. The summed E-state index contributed by atoms with van der Waals surface area (Å²) in [6.07, 6.45) is 2.11. The summed E-state index contributed by atoms with van der Waals surface area (Å²) in [5, 5.41) is 9.62. The van der Waals surface area contributed by atoms with Gasteiger partial charge in [-0.05, 0) is 18.4 Å². The molecule has 0 aliphatic heterocycles. The van der Waals surface area contributed by atoms with Gasteiger partial charge in [0, 0.05) is 12.0 Å². The highest BCUT2D eigenvalue weighted by atomic mass is 16.3. The summed E-state index contributed by atoms with van der Waals surface area (Å²) in [6, 6.07) is 9.59. The number of aliphatic hydroxyl groups is 1. The molecule has 14 heavy (non-hydrogen) atoms. The SMILES string of the molecule is O=C1CCCC(c2ccccc2)=C1O. The van der Waals surface area contributed by atoms with Gasteiger partial charge >= 0.3 is 0 Å². The molecule has 72 valence electrons. The van der Waals surface area contributed by atoms with E-state index in [-0.39, 0.29) is 11.5 Å². The highest BCUT2D eigenvalue weighted by molar-refractivity contribution is 6.01. The maximum absolute atomic E-state index is 11.3. The molecule has 0 radical (unpaired) electrons. The minimum Gasteiger partial charge on any atom is -0.504 e. The van der Waals surface area contributed by atoms with Crippen molar-refractivity contribution in [2.75, 3.05) is 0 Å². The minimum atomic E-state index is -0.130. The maximum atomic E-state index is 11.3. The molecule has 0 aromatic heterocycles. The van der Waals surface area contributed by atoms with E-state index < -0.39 is 0 Å². The van der Waals surface area contributed by atoms with Crippen LogP contribution in [0.25, 0.3) is 5.57 Å². The van der Waals surface area contributed by atoms with Crippen LogP contribution in [0.2, 0.25) is 0 Å². The molecule has 0 heterocycles. The van der Waals surface area contributed by atoms with E-state index in [0.29, 0.717) is 6.42 Å². The van der Waals surface area contributed by atoms with E-state index in [0.717, 1.165) is 24.0 Å². The molecule has 0 bridgehead atoms. The molecule has 0 saturated carbocycles. The second-order valence-corrected chi connectivity index (χ2v) is 3.47. The first kappa shape index (κ1) is 9.00. The smallest absolute Gasteiger partial charge is 0.197 e. The van der Waals surface area contributed by atoms with E-state index in [9.17, 15) is 9.90 Å². The molecule has 1 aliphatic carbocycles. The summed E-state index contributed by atoms with van der Waals surface area (Å²) in [7, 11) is 0. The molecule has 0 spiro atoms. The summed E-state index contributed by atoms with van der Waals surface area (Å²) in [6.45, 7) is 0. The van der Waals surface area contributed by atoms with Gasteiger partial charge in [0.05, 0.1) is 0 Å². The average Bonchev–Trinajstić information content (AvgIpc) is 2.23. The number of benzene rings is 1. The van der Waals surface area contributed by atoms with E-state index in [1.165, 1.54) is 0 Å². The number of Topliss-reactive ketones (excluding diaryl/α,β-unsaturated/α-hetero) is 1. The van der Waals surface area contributed by atoms with Crippen molar-refractivity contribution in [2.24, 2.45) is 0 Å². The van der Waals surface area contributed by atoms with Crippen molar-refractivity contribution in [2.45, 2.75) is 19.3 Å². The zero-order valence-electron chi connectivity index (χ0n) is 7.86. The van der Waals surface area contributed by atoms with Crippen molar-refractivity contribution in [3.05, 3.63) is 41.7 Å². The number of carbonyl (C=O) groups excluding carboxylic acids is 1. The number of rotatable bonds is 1. The number of ketones is 1. The first-order valence-corrected chi connectivity index (χ1v) is 4.80. The van der Waals surface area contributed by atoms with Crippen LogP contribution in [0.15, 0.2) is 36.1 Å². The Morgan fingerprint density at radius 2 is 1.79 bits per heavy atom. The normalized spacial score (nSPS) is 17.3. The van der Waals surface area contributed by atoms with E-state index in [1.807, 2.05) is 30.3 Å². The molecule has 1 N–H and O–H groups in total. The Bertz CT molecular complexity index is 377. The van der Waals surface area contributed by atoms with Crippen LogP contribution in [0.4, 0.5) is 0 Å². The Morgan fingerprint density at radius 1 is 1.07 bits per heavy atom. The zero-order chi connectivity index (χ0) is 9.97. The van der Waals surface area contributed by atoms with Gasteiger partial charge in [-0.2, -0.15) is 0 Å². The standard InChI is InChI=1S/C12H12O2/c13-11-8-4-7-10(12(11)14)9-5-2-1-3-6-9/h1-3,5-6,14H,4,7-8H2. The average molecular weight is 188 g/mol. The Balaban J connectivity index is 2.43. The lowest BCUT2D eigenvalue weighted by Crippen LogP contribution is -2.10. The van der Waals surface area contributed by atoms with Gasteiger partial charge in [-0.1, -0.05) is 30.3 Å². The second-order valence-electron chi connectivity index (χ2n) is 3.47. The van der Waals surface area contributed by atoms with Crippen molar-refractivity contribution >= 4 is 11.4 Å². The third-order valence-electron chi connectivity index (χ3n) is 2.50. The molecular weight excluding hydrogens is 176 g/mol. The lowest BCUT2D eigenvalue weighted by molar-refractivity contribution is -0.118. The Morgan fingerprint density at radius 3 is 2.50 bits per heavy atom.